The van der Waals surface area contributed by atoms with Crippen LogP contribution in [0.25, 0.3) is 0 Å². The normalized spacial score (nSPS) is 22.4. The molecule has 6 aromatic heterocycles. The lowest BCUT2D eigenvalue weighted by Crippen LogP contribution is -2.42. The topological polar surface area (TPSA) is 404 Å². The number of pyridine rings is 6. The van der Waals surface area contributed by atoms with Crippen molar-refractivity contribution in [1.82, 2.24) is 44.6 Å². The Morgan fingerprint density at radius 3 is 1.06 bits per heavy atom. The summed E-state index contributed by atoms with van der Waals surface area (Å²) in [7, 11) is 4.95. The molecule has 6 fully saturated rings. The number of aromatic nitrogens is 6. The van der Waals surface area contributed by atoms with Crippen LogP contribution in [-0.2, 0) is 73.9 Å². The predicted molar refractivity (Wildman–Crippen MR) is 413 cm³/mol. The molecule has 9 amide bonds. The zero-order valence-corrected chi connectivity index (χ0v) is 64.7. The second-order valence-corrected chi connectivity index (χ2v) is 30.3. The van der Waals surface area contributed by atoms with Gasteiger partial charge in [0.25, 0.3) is 0 Å². The maximum absolute atomic E-state index is 13.3. The summed E-state index contributed by atoms with van der Waals surface area (Å²) in [4.78, 5) is 149. The Morgan fingerprint density at radius 2 is 0.772 bits per heavy atom. The van der Waals surface area contributed by atoms with Crippen molar-refractivity contribution in [1.29, 1.82) is 15.8 Å². The van der Waals surface area contributed by atoms with Crippen molar-refractivity contribution in [3.05, 3.63) is 128 Å². The van der Waals surface area contributed by atoms with Gasteiger partial charge in [-0.25, -0.2) is 44.3 Å². The fourth-order valence-electron chi connectivity index (χ4n) is 15.8. The fourth-order valence-corrected chi connectivity index (χ4v) is 15.8. The van der Waals surface area contributed by atoms with Crippen LogP contribution in [0.3, 0.4) is 0 Å². The highest BCUT2D eigenvalue weighted by Gasteiger charge is 2.39. The summed E-state index contributed by atoms with van der Waals surface area (Å²) in [5, 5.41) is 36.9. The number of methoxy groups -OCH3 is 3. The standard InChI is InChI=1S/C28H32N6O4.2C27H30N6O5/c1-17-7-9-33(27(17)36)15-21-11-19-4-3-8-34(26(19)31-23(21)16-35)28(37)32-25-12-20(22(13-29)14-30-25)10-18-5-6-24(18)38-2;2*1-16-7-9-32(26(16)35)14-18-10-17-4-3-8-33(25(17)30-20(18)15-34)27(36)31-24-11-23(19(12-28)13-29-24)38-22-6-5-21(22)37-2/h11-12,14,16-18,24H,3-10,15H2,1-2H3,(H,30,32,37);2*10-11,13,15-16,21-22H,3-9,14H2,1-2H3,(H,29,31,36)/t17-,18-,24-;16-,21+,22-;16-,21-,22+/m000/s1. The monoisotopic (exact) mass is 1550 g/mol. The van der Waals surface area contributed by atoms with Crippen molar-refractivity contribution >= 4 is 89.6 Å². The van der Waals surface area contributed by atoms with E-state index in [1.807, 2.05) is 39.0 Å². The third-order valence-corrected chi connectivity index (χ3v) is 23.1. The second kappa shape index (κ2) is 35.8. The molecule has 0 bridgehead atoms. The van der Waals surface area contributed by atoms with Gasteiger partial charge in [-0.3, -0.25) is 59.4 Å². The van der Waals surface area contributed by atoms with E-state index in [4.69, 9.17) is 23.7 Å². The summed E-state index contributed by atoms with van der Waals surface area (Å²) in [5.41, 5.74) is 7.17. The Hall–Kier alpha value is -11.9. The summed E-state index contributed by atoms with van der Waals surface area (Å²) in [6, 6.07) is 15.5. The Balaban J connectivity index is 0.000000149. The largest absolute Gasteiger partial charge is 0.486 e. The summed E-state index contributed by atoms with van der Waals surface area (Å²) >= 11 is 0. The molecule has 32 nitrogen and oxygen atoms in total. The molecule has 3 N–H and O–H groups in total. The van der Waals surface area contributed by atoms with Crippen molar-refractivity contribution in [2.24, 2.45) is 23.7 Å². The third-order valence-electron chi connectivity index (χ3n) is 23.1. The molecule has 9 atom stereocenters. The number of hydrogen-bond acceptors (Lipinski definition) is 23. The molecular weight excluding hydrogens is 1460 g/mol. The maximum atomic E-state index is 13.3. The number of urea groups is 3. The van der Waals surface area contributed by atoms with Crippen LogP contribution in [0.1, 0.15) is 185 Å². The molecule has 0 spiro atoms. The number of carbonyl (C=O) groups is 9. The van der Waals surface area contributed by atoms with Crippen LogP contribution in [0.15, 0.2) is 55.0 Å². The number of ether oxygens (including phenoxy) is 5. The molecule has 6 aliphatic heterocycles. The number of carbonyl (C=O) groups excluding carboxylic acids is 9. The third kappa shape index (κ3) is 17.5. The van der Waals surface area contributed by atoms with Gasteiger partial charge in [-0.05, 0) is 155 Å². The molecule has 12 heterocycles. The molecule has 0 unspecified atom stereocenters. The predicted octanol–water partition coefficient (Wildman–Crippen LogP) is 9.62. The second-order valence-electron chi connectivity index (χ2n) is 30.3. The first kappa shape index (κ1) is 80.1. The van der Waals surface area contributed by atoms with Gasteiger partial charge in [0, 0.05) is 133 Å². The van der Waals surface area contributed by atoms with Gasteiger partial charge in [-0.15, -0.1) is 0 Å². The highest BCUT2D eigenvalue weighted by atomic mass is 16.5. The van der Waals surface area contributed by atoms with Gasteiger partial charge < -0.3 is 38.4 Å². The van der Waals surface area contributed by atoms with Gasteiger partial charge in [0.15, 0.2) is 18.9 Å². The van der Waals surface area contributed by atoms with Crippen LogP contribution in [0, 0.1) is 57.7 Å². The molecule has 3 saturated heterocycles. The number of nitriles is 3. The maximum Gasteiger partial charge on any atom is 0.328 e. The summed E-state index contributed by atoms with van der Waals surface area (Å²) < 4.78 is 28.2. The number of likely N-dealkylation sites (tertiary alicyclic amines) is 3. The fraction of sp³-hybridized carbons (Fsp3) is 0.488. The summed E-state index contributed by atoms with van der Waals surface area (Å²) in [6.45, 7) is 9.98. The van der Waals surface area contributed by atoms with E-state index in [2.05, 4.69) is 64.1 Å². The van der Waals surface area contributed by atoms with Crippen molar-refractivity contribution in [3.8, 4) is 29.7 Å². The van der Waals surface area contributed by atoms with Crippen LogP contribution in [0.4, 0.5) is 49.3 Å². The molecule has 594 valence electrons. The van der Waals surface area contributed by atoms with Crippen LogP contribution in [0.5, 0.6) is 11.5 Å². The zero-order valence-electron chi connectivity index (χ0n) is 64.7. The molecule has 3 aliphatic carbocycles. The highest BCUT2D eigenvalue weighted by Crippen LogP contribution is 2.39. The van der Waals surface area contributed by atoms with Crippen LogP contribution in [0.2, 0.25) is 0 Å². The van der Waals surface area contributed by atoms with Gasteiger partial charge in [0.1, 0.15) is 105 Å². The number of anilines is 6. The number of nitrogens with one attached hydrogen (secondary N) is 3. The first-order chi connectivity index (χ1) is 55.2. The first-order valence-electron chi connectivity index (χ1n) is 38.9. The number of hydrogen-bond donors (Lipinski definition) is 3. The van der Waals surface area contributed by atoms with E-state index in [1.165, 1.54) is 45.4 Å². The number of rotatable bonds is 21. The molecular formula is C82H92N18O14. The molecule has 15 rings (SSSR count). The van der Waals surface area contributed by atoms with Gasteiger partial charge in [-0.1, -0.05) is 20.8 Å². The van der Waals surface area contributed by atoms with Crippen molar-refractivity contribution in [3.63, 3.8) is 0 Å². The lowest BCUT2D eigenvalue weighted by atomic mass is 9.77. The number of aldehydes is 3. The van der Waals surface area contributed by atoms with Crippen molar-refractivity contribution in [2.75, 3.05) is 91.2 Å². The highest BCUT2D eigenvalue weighted by molar-refractivity contribution is 6.04. The number of aryl methyl sites for hydroxylation is 3. The van der Waals surface area contributed by atoms with Crippen LogP contribution in [-0.4, -0.2) is 190 Å². The van der Waals surface area contributed by atoms with Crippen LogP contribution >= 0.6 is 0 Å². The van der Waals surface area contributed by atoms with E-state index in [1.54, 1.807) is 42.1 Å². The number of amides is 9. The minimum absolute atomic E-state index is 0.00840. The summed E-state index contributed by atoms with van der Waals surface area (Å²) in [6.07, 6.45) is 18.9. The molecule has 0 radical (unpaired) electrons. The van der Waals surface area contributed by atoms with E-state index in [-0.39, 0.29) is 106 Å². The zero-order chi connectivity index (χ0) is 80.4. The van der Waals surface area contributed by atoms with Gasteiger partial charge in [0.05, 0.1) is 36.3 Å². The smallest absolute Gasteiger partial charge is 0.328 e. The van der Waals surface area contributed by atoms with E-state index in [0.717, 1.165) is 106 Å². The first-order valence-corrected chi connectivity index (χ1v) is 38.9. The molecule has 32 heteroatoms. The van der Waals surface area contributed by atoms with Crippen molar-refractivity contribution in [2.45, 2.75) is 174 Å². The average molecular weight is 1550 g/mol. The Bertz CT molecular complexity index is 4390. The minimum Gasteiger partial charge on any atom is -0.486 e. The van der Waals surface area contributed by atoms with Crippen molar-refractivity contribution < 1.29 is 66.8 Å². The minimum atomic E-state index is -0.451. The SMILES string of the molecule is CO[C@@H]1CC[C@@H]1Oc1cc(NC(=O)N2CCCc3cc(CN4CC[C@H](C)C4=O)c(C=O)nc32)ncc1C#N.CO[C@H]1CC[C@H]1Cc1cc(NC(=O)N2CCCc3cc(CN4CC[C@H](C)C4=O)c(C=O)nc32)ncc1C#N.CO[C@H]1CC[C@H]1Oc1cc(NC(=O)N2CCCc3cc(CN4CC[C@H](C)C4=O)c(C=O)nc32)ncc1C#N. The lowest BCUT2D eigenvalue weighted by Gasteiger charge is -2.35. The quantitative estimate of drug-likeness (QED) is 0.0564. The number of fused-ring (bicyclic) bond motifs is 3. The van der Waals surface area contributed by atoms with E-state index in [9.17, 15) is 58.9 Å². The Labute approximate surface area is 659 Å². The van der Waals surface area contributed by atoms with Gasteiger partial charge in [0.2, 0.25) is 17.7 Å². The summed E-state index contributed by atoms with van der Waals surface area (Å²) in [5.74, 6) is 3.33. The lowest BCUT2D eigenvalue weighted by molar-refractivity contribution is -0.131. The van der Waals surface area contributed by atoms with Gasteiger partial charge in [-0.2, -0.15) is 15.8 Å². The van der Waals surface area contributed by atoms with E-state index in [0.29, 0.717) is 160 Å². The van der Waals surface area contributed by atoms with Gasteiger partial charge >= 0.3 is 18.1 Å². The molecule has 6 aromatic rings. The molecule has 3 saturated carbocycles. The Morgan fingerprint density at radius 1 is 0.439 bits per heavy atom. The molecule has 0 aromatic carbocycles. The van der Waals surface area contributed by atoms with Crippen LogP contribution < -0.4 is 40.1 Å². The number of nitrogens with zero attached hydrogens (tertiary/aromatic N) is 15. The van der Waals surface area contributed by atoms with E-state index < -0.39 is 18.1 Å². The van der Waals surface area contributed by atoms with E-state index >= 15 is 0 Å². The Kier molecular flexibility index (Phi) is 25.2. The molecule has 9 aliphatic rings. The average Bonchev–Trinajstić information content (AvgIpc) is 1.06. The molecule has 114 heavy (non-hydrogen) atoms.